The van der Waals surface area contributed by atoms with Gasteiger partial charge in [0.1, 0.15) is 5.82 Å². The standard InChI is InChI=1S/C18H23FN2O/c1-3-14-6-4-5-9-21(14)18(22)11-15-12(2)20-17-8-7-13(19)10-16(15)17/h7-8,10,14,20H,3-6,9,11H2,1-2H3. The van der Waals surface area contributed by atoms with Crippen molar-refractivity contribution in [3.05, 3.63) is 35.3 Å². The summed E-state index contributed by atoms with van der Waals surface area (Å²) in [5, 5.41) is 0.830. The van der Waals surface area contributed by atoms with Gasteiger partial charge in [0.25, 0.3) is 0 Å². The van der Waals surface area contributed by atoms with E-state index in [2.05, 4.69) is 11.9 Å². The van der Waals surface area contributed by atoms with E-state index in [1.165, 1.54) is 18.6 Å². The minimum Gasteiger partial charge on any atom is -0.358 e. The van der Waals surface area contributed by atoms with Crippen molar-refractivity contribution in [2.45, 2.75) is 52.0 Å². The molecular weight excluding hydrogens is 279 g/mol. The highest BCUT2D eigenvalue weighted by Gasteiger charge is 2.26. The number of aromatic nitrogens is 1. The second kappa shape index (κ2) is 6.11. The molecule has 0 saturated carbocycles. The SMILES string of the molecule is CCC1CCCCN1C(=O)Cc1c(C)[nH]c2ccc(F)cc12. The minimum absolute atomic E-state index is 0.166. The highest BCUT2D eigenvalue weighted by molar-refractivity contribution is 5.90. The number of halogens is 1. The van der Waals surface area contributed by atoms with E-state index in [1.807, 2.05) is 11.8 Å². The van der Waals surface area contributed by atoms with E-state index in [1.54, 1.807) is 6.07 Å². The Morgan fingerprint density at radius 1 is 1.41 bits per heavy atom. The molecule has 4 heteroatoms. The molecular formula is C18H23FN2O. The first-order chi connectivity index (χ1) is 10.6. The number of H-pyrrole nitrogens is 1. The molecule has 3 nitrogen and oxygen atoms in total. The second-order valence-corrected chi connectivity index (χ2v) is 6.24. The van der Waals surface area contributed by atoms with Crippen LogP contribution < -0.4 is 0 Å². The third-order valence-corrected chi connectivity index (χ3v) is 4.83. The fraction of sp³-hybridized carbons (Fsp3) is 0.500. The normalized spacial score (nSPS) is 18.9. The predicted octanol–water partition coefficient (Wildman–Crippen LogP) is 3.95. The molecule has 1 unspecified atom stereocenters. The topological polar surface area (TPSA) is 36.1 Å². The number of benzene rings is 1. The van der Waals surface area contributed by atoms with Gasteiger partial charge in [-0.1, -0.05) is 6.92 Å². The zero-order valence-corrected chi connectivity index (χ0v) is 13.3. The Labute approximate surface area is 130 Å². The fourth-order valence-corrected chi connectivity index (χ4v) is 3.59. The van der Waals surface area contributed by atoms with Crippen LogP contribution in [0.5, 0.6) is 0 Å². The Hall–Kier alpha value is -1.84. The molecule has 0 spiro atoms. The van der Waals surface area contributed by atoms with E-state index in [0.29, 0.717) is 12.5 Å². The van der Waals surface area contributed by atoms with Crippen LogP contribution in [0.25, 0.3) is 10.9 Å². The summed E-state index contributed by atoms with van der Waals surface area (Å²) in [6.45, 7) is 4.95. The number of rotatable bonds is 3. The van der Waals surface area contributed by atoms with Gasteiger partial charge in [0.15, 0.2) is 0 Å². The van der Waals surface area contributed by atoms with Crippen LogP contribution >= 0.6 is 0 Å². The van der Waals surface area contributed by atoms with Gasteiger partial charge in [-0.05, 0) is 56.4 Å². The monoisotopic (exact) mass is 302 g/mol. The number of fused-ring (bicyclic) bond motifs is 1. The number of aromatic amines is 1. The third-order valence-electron chi connectivity index (χ3n) is 4.83. The molecule has 1 aliphatic heterocycles. The van der Waals surface area contributed by atoms with Gasteiger partial charge in [-0.15, -0.1) is 0 Å². The van der Waals surface area contributed by atoms with E-state index >= 15 is 0 Å². The van der Waals surface area contributed by atoms with Gasteiger partial charge in [-0.2, -0.15) is 0 Å². The third kappa shape index (κ3) is 2.74. The largest absolute Gasteiger partial charge is 0.358 e. The van der Waals surface area contributed by atoms with Gasteiger partial charge < -0.3 is 9.88 Å². The van der Waals surface area contributed by atoms with Gasteiger partial charge in [0.05, 0.1) is 6.42 Å². The van der Waals surface area contributed by atoms with E-state index in [9.17, 15) is 9.18 Å². The zero-order chi connectivity index (χ0) is 15.7. The Kier molecular flexibility index (Phi) is 4.19. The van der Waals surface area contributed by atoms with Crippen molar-refractivity contribution in [2.75, 3.05) is 6.54 Å². The maximum absolute atomic E-state index is 13.5. The molecule has 1 aromatic carbocycles. The molecule has 1 aliphatic rings. The Morgan fingerprint density at radius 3 is 3.00 bits per heavy atom. The lowest BCUT2D eigenvalue weighted by molar-refractivity contribution is -0.134. The molecule has 2 heterocycles. The molecule has 1 atom stereocenters. The molecule has 0 radical (unpaired) electrons. The second-order valence-electron chi connectivity index (χ2n) is 6.24. The summed E-state index contributed by atoms with van der Waals surface area (Å²) in [5.41, 5.74) is 2.78. The number of nitrogens with zero attached hydrogens (tertiary/aromatic N) is 1. The smallest absolute Gasteiger partial charge is 0.227 e. The van der Waals surface area contributed by atoms with E-state index in [4.69, 9.17) is 0 Å². The number of hydrogen-bond donors (Lipinski definition) is 1. The van der Waals surface area contributed by atoms with Gasteiger partial charge in [0.2, 0.25) is 5.91 Å². The van der Waals surface area contributed by atoms with Crippen molar-refractivity contribution in [3.63, 3.8) is 0 Å². The quantitative estimate of drug-likeness (QED) is 0.915. The van der Waals surface area contributed by atoms with Crippen molar-refractivity contribution in [1.82, 2.24) is 9.88 Å². The number of likely N-dealkylation sites (tertiary alicyclic amines) is 1. The predicted molar refractivity (Wildman–Crippen MR) is 86.3 cm³/mol. The Morgan fingerprint density at radius 2 is 2.23 bits per heavy atom. The van der Waals surface area contributed by atoms with Crippen molar-refractivity contribution in [3.8, 4) is 0 Å². The van der Waals surface area contributed by atoms with Crippen LogP contribution in [-0.2, 0) is 11.2 Å². The molecule has 118 valence electrons. The van der Waals surface area contributed by atoms with E-state index < -0.39 is 0 Å². The van der Waals surface area contributed by atoms with Gasteiger partial charge in [-0.25, -0.2) is 4.39 Å². The number of nitrogens with one attached hydrogen (secondary N) is 1. The number of piperidine rings is 1. The van der Waals surface area contributed by atoms with Crippen LogP contribution in [0.3, 0.4) is 0 Å². The maximum Gasteiger partial charge on any atom is 0.227 e. The average molecular weight is 302 g/mol. The van der Waals surface area contributed by atoms with Gasteiger partial charge in [-0.3, -0.25) is 4.79 Å². The molecule has 0 bridgehead atoms. The Balaban J connectivity index is 1.87. The first-order valence-corrected chi connectivity index (χ1v) is 8.16. The molecule has 1 amide bonds. The number of aryl methyl sites for hydroxylation is 1. The molecule has 22 heavy (non-hydrogen) atoms. The van der Waals surface area contributed by atoms with Crippen molar-refractivity contribution in [1.29, 1.82) is 0 Å². The molecule has 2 aromatic rings. The van der Waals surface area contributed by atoms with Crippen molar-refractivity contribution >= 4 is 16.8 Å². The minimum atomic E-state index is -0.260. The van der Waals surface area contributed by atoms with E-state index in [-0.39, 0.29) is 11.7 Å². The van der Waals surface area contributed by atoms with Gasteiger partial charge >= 0.3 is 0 Å². The molecule has 0 aliphatic carbocycles. The maximum atomic E-state index is 13.5. The first-order valence-electron chi connectivity index (χ1n) is 8.16. The summed E-state index contributed by atoms with van der Waals surface area (Å²) in [4.78, 5) is 18.0. The van der Waals surface area contributed by atoms with Crippen LogP contribution in [0.15, 0.2) is 18.2 Å². The Bertz CT molecular complexity index is 692. The lowest BCUT2D eigenvalue weighted by atomic mass is 9.98. The lowest BCUT2D eigenvalue weighted by Crippen LogP contribution is -2.44. The highest BCUT2D eigenvalue weighted by Crippen LogP contribution is 2.26. The summed E-state index contributed by atoms with van der Waals surface area (Å²) in [5.74, 6) is -0.0931. The van der Waals surface area contributed by atoms with Crippen LogP contribution in [0.4, 0.5) is 4.39 Å². The number of carbonyl (C=O) groups excluding carboxylic acids is 1. The average Bonchev–Trinajstić information content (AvgIpc) is 2.83. The van der Waals surface area contributed by atoms with E-state index in [0.717, 1.165) is 48.0 Å². The van der Waals surface area contributed by atoms with Crippen LogP contribution in [0.1, 0.15) is 43.9 Å². The molecule has 1 aromatic heterocycles. The van der Waals surface area contributed by atoms with Crippen LogP contribution in [0, 0.1) is 12.7 Å². The summed E-state index contributed by atoms with van der Waals surface area (Å²) < 4.78 is 13.5. The summed E-state index contributed by atoms with van der Waals surface area (Å²) in [7, 11) is 0. The van der Waals surface area contributed by atoms with Crippen LogP contribution in [-0.4, -0.2) is 28.4 Å². The summed E-state index contributed by atoms with van der Waals surface area (Å²) >= 11 is 0. The first kappa shape index (κ1) is 15.1. The highest BCUT2D eigenvalue weighted by atomic mass is 19.1. The van der Waals surface area contributed by atoms with Crippen molar-refractivity contribution in [2.24, 2.45) is 0 Å². The fourth-order valence-electron chi connectivity index (χ4n) is 3.59. The summed E-state index contributed by atoms with van der Waals surface area (Å²) in [6.07, 6.45) is 4.76. The zero-order valence-electron chi connectivity index (χ0n) is 13.3. The molecule has 1 saturated heterocycles. The van der Waals surface area contributed by atoms with Crippen LogP contribution in [0.2, 0.25) is 0 Å². The van der Waals surface area contributed by atoms with Crippen molar-refractivity contribution < 1.29 is 9.18 Å². The number of hydrogen-bond acceptors (Lipinski definition) is 1. The number of carbonyl (C=O) groups is 1. The lowest BCUT2D eigenvalue weighted by Gasteiger charge is -2.35. The summed E-state index contributed by atoms with van der Waals surface area (Å²) in [6, 6.07) is 5.07. The molecule has 3 rings (SSSR count). The molecule has 1 fully saturated rings. The van der Waals surface area contributed by atoms with Gasteiger partial charge in [0, 0.05) is 29.2 Å². The number of amides is 1. The molecule has 1 N–H and O–H groups in total.